The third-order valence-electron chi connectivity index (χ3n) is 5.03. The summed E-state index contributed by atoms with van der Waals surface area (Å²) in [6.07, 6.45) is 2.44. The van der Waals surface area contributed by atoms with Gasteiger partial charge in [0.2, 0.25) is 11.8 Å². The lowest BCUT2D eigenvalue weighted by Gasteiger charge is -2.26. The molecule has 1 aromatic carbocycles. The third-order valence-corrected chi connectivity index (χ3v) is 5.03. The van der Waals surface area contributed by atoms with Crippen molar-refractivity contribution in [1.29, 1.82) is 0 Å². The summed E-state index contributed by atoms with van der Waals surface area (Å²) in [4.78, 5) is 37.6. The molecule has 1 aromatic heterocycles. The van der Waals surface area contributed by atoms with Crippen molar-refractivity contribution >= 4 is 17.7 Å². The van der Waals surface area contributed by atoms with Gasteiger partial charge in [-0.05, 0) is 36.2 Å². The summed E-state index contributed by atoms with van der Waals surface area (Å²) >= 11 is 0. The van der Waals surface area contributed by atoms with Crippen LogP contribution in [0.25, 0.3) is 0 Å². The standard InChI is InChI=1S/C20H21N3O4/c24-18-12-23(8-7-21-18)20(26)14-5-3-13(4-6-14)11-22-19(25)16-10-15(16)17-2-1-9-27-17/h1-6,9,15-16H,7-8,10-12H2,(H,21,24)(H,22,25)/t15-,16-/m0/s1. The summed E-state index contributed by atoms with van der Waals surface area (Å²) in [5.41, 5.74) is 1.46. The van der Waals surface area contributed by atoms with E-state index in [1.54, 1.807) is 18.4 Å². The van der Waals surface area contributed by atoms with Gasteiger partial charge < -0.3 is 20.0 Å². The van der Waals surface area contributed by atoms with Crippen molar-refractivity contribution in [1.82, 2.24) is 15.5 Å². The molecule has 2 aliphatic rings. The first kappa shape index (κ1) is 17.3. The van der Waals surface area contributed by atoms with Gasteiger partial charge in [0, 0.05) is 37.0 Å². The van der Waals surface area contributed by atoms with Gasteiger partial charge in [0.15, 0.2) is 0 Å². The van der Waals surface area contributed by atoms with Gasteiger partial charge in [-0.2, -0.15) is 0 Å². The first-order chi connectivity index (χ1) is 13.1. The molecule has 2 heterocycles. The summed E-state index contributed by atoms with van der Waals surface area (Å²) in [7, 11) is 0. The predicted molar refractivity (Wildman–Crippen MR) is 96.8 cm³/mol. The number of furan rings is 1. The average Bonchev–Trinajstić information content (AvgIpc) is 3.31. The van der Waals surface area contributed by atoms with Gasteiger partial charge in [0.1, 0.15) is 5.76 Å². The van der Waals surface area contributed by atoms with E-state index in [4.69, 9.17) is 4.42 Å². The molecule has 1 aliphatic heterocycles. The zero-order valence-electron chi connectivity index (χ0n) is 14.8. The van der Waals surface area contributed by atoms with Gasteiger partial charge in [0.25, 0.3) is 5.91 Å². The molecule has 0 radical (unpaired) electrons. The zero-order valence-corrected chi connectivity index (χ0v) is 14.8. The lowest BCUT2D eigenvalue weighted by atomic mass is 10.1. The highest BCUT2D eigenvalue weighted by molar-refractivity contribution is 5.97. The lowest BCUT2D eigenvalue weighted by Crippen LogP contribution is -2.49. The Morgan fingerprint density at radius 1 is 1.22 bits per heavy atom. The Kier molecular flexibility index (Phi) is 4.66. The maximum absolute atomic E-state index is 12.4. The molecule has 1 saturated heterocycles. The summed E-state index contributed by atoms with van der Waals surface area (Å²) in [5, 5.41) is 5.64. The number of hydrogen-bond donors (Lipinski definition) is 2. The van der Waals surface area contributed by atoms with Crippen LogP contribution in [0.3, 0.4) is 0 Å². The number of nitrogens with zero attached hydrogens (tertiary/aromatic N) is 1. The van der Waals surface area contributed by atoms with Gasteiger partial charge in [-0.15, -0.1) is 0 Å². The van der Waals surface area contributed by atoms with E-state index in [0.717, 1.165) is 17.7 Å². The van der Waals surface area contributed by atoms with Crippen molar-refractivity contribution in [3.63, 3.8) is 0 Å². The molecule has 27 heavy (non-hydrogen) atoms. The Morgan fingerprint density at radius 3 is 2.74 bits per heavy atom. The fourth-order valence-corrected chi connectivity index (χ4v) is 3.38. The number of amides is 3. The molecule has 7 nitrogen and oxygen atoms in total. The number of nitrogens with one attached hydrogen (secondary N) is 2. The van der Waals surface area contributed by atoms with Crippen molar-refractivity contribution in [3.8, 4) is 0 Å². The van der Waals surface area contributed by atoms with Crippen molar-refractivity contribution < 1.29 is 18.8 Å². The molecule has 1 aliphatic carbocycles. The van der Waals surface area contributed by atoms with Crippen molar-refractivity contribution in [2.45, 2.75) is 18.9 Å². The second-order valence-electron chi connectivity index (χ2n) is 6.96. The SMILES string of the molecule is O=C1CN(C(=O)c2ccc(CNC(=O)[C@H]3C[C@@H]3c3ccco3)cc2)CCN1. The second kappa shape index (κ2) is 7.26. The zero-order chi connectivity index (χ0) is 18.8. The van der Waals surface area contributed by atoms with E-state index < -0.39 is 0 Å². The highest BCUT2D eigenvalue weighted by Crippen LogP contribution is 2.47. The molecule has 3 amide bonds. The Balaban J connectivity index is 1.29. The molecule has 0 unspecified atom stereocenters. The highest BCUT2D eigenvalue weighted by Gasteiger charge is 2.45. The van der Waals surface area contributed by atoms with Gasteiger partial charge in [-0.25, -0.2) is 0 Å². The minimum atomic E-state index is -0.153. The highest BCUT2D eigenvalue weighted by atomic mass is 16.3. The van der Waals surface area contributed by atoms with Crippen LogP contribution in [0.4, 0.5) is 0 Å². The van der Waals surface area contributed by atoms with Crippen LogP contribution in [0, 0.1) is 5.92 Å². The number of carbonyl (C=O) groups excluding carboxylic acids is 3. The summed E-state index contributed by atoms with van der Waals surface area (Å²) in [5.74, 6) is 0.755. The molecule has 4 rings (SSSR count). The summed E-state index contributed by atoms with van der Waals surface area (Å²) in [6.45, 7) is 1.51. The third kappa shape index (κ3) is 3.86. The Labute approximate surface area is 156 Å². The maximum atomic E-state index is 12.4. The molecule has 2 aromatic rings. The largest absolute Gasteiger partial charge is 0.469 e. The minimum absolute atomic E-state index is 0.0240. The van der Waals surface area contributed by atoms with E-state index in [9.17, 15) is 14.4 Å². The number of carbonyl (C=O) groups is 3. The smallest absolute Gasteiger partial charge is 0.254 e. The van der Waals surface area contributed by atoms with Crippen LogP contribution in [-0.4, -0.2) is 42.3 Å². The van der Waals surface area contributed by atoms with E-state index in [1.165, 1.54) is 4.90 Å². The molecule has 7 heteroatoms. The van der Waals surface area contributed by atoms with Gasteiger partial charge >= 0.3 is 0 Å². The Morgan fingerprint density at radius 2 is 2.04 bits per heavy atom. The minimum Gasteiger partial charge on any atom is -0.469 e. The second-order valence-corrected chi connectivity index (χ2v) is 6.96. The summed E-state index contributed by atoms with van der Waals surface area (Å²) < 4.78 is 5.35. The molecule has 2 atom stereocenters. The van der Waals surface area contributed by atoms with Crippen LogP contribution >= 0.6 is 0 Å². The molecular formula is C20H21N3O4. The van der Waals surface area contributed by atoms with E-state index in [1.807, 2.05) is 24.3 Å². The fourth-order valence-electron chi connectivity index (χ4n) is 3.38. The first-order valence-electron chi connectivity index (χ1n) is 9.08. The number of hydrogen-bond acceptors (Lipinski definition) is 4. The van der Waals surface area contributed by atoms with Crippen LogP contribution in [0.5, 0.6) is 0 Å². The average molecular weight is 367 g/mol. The predicted octanol–water partition coefficient (Wildman–Crippen LogP) is 1.27. The van der Waals surface area contributed by atoms with Gasteiger partial charge in [-0.1, -0.05) is 12.1 Å². The number of benzene rings is 1. The van der Waals surface area contributed by atoms with E-state index in [-0.39, 0.29) is 36.1 Å². The number of rotatable bonds is 5. The maximum Gasteiger partial charge on any atom is 0.254 e. The van der Waals surface area contributed by atoms with Crippen molar-refractivity contribution in [2.75, 3.05) is 19.6 Å². The topological polar surface area (TPSA) is 91.7 Å². The molecular weight excluding hydrogens is 346 g/mol. The van der Waals surface area contributed by atoms with E-state index in [2.05, 4.69) is 10.6 Å². The van der Waals surface area contributed by atoms with Crippen molar-refractivity contribution in [2.24, 2.45) is 5.92 Å². The Bertz CT molecular complexity index is 845. The first-order valence-corrected chi connectivity index (χ1v) is 9.08. The quantitative estimate of drug-likeness (QED) is 0.833. The summed E-state index contributed by atoms with van der Waals surface area (Å²) in [6, 6.07) is 10.9. The van der Waals surface area contributed by atoms with Gasteiger partial charge in [0.05, 0.1) is 12.8 Å². The van der Waals surface area contributed by atoms with E-state index >= 15 is 0 Å². The number of piperazine rings is 1. The normalized spacial score (nSPS) is 21.5. The van der Waals surface area contributed by atoms with Crippen LogP contribution in [-0.2, 0) is 16.1 Å². The molecule has 2 fully saturated rings. The van der Waals surface area contributed by atoms with Crippen molar-refractivity contribution in [3.05, 3.63) is 59.5 Å². The van der Waals surface area contributed by atoms with Gasteiger partial charge in [-0.3, -0.25) is 14.4 Å². The van der Waals surface area contributed by atoms with Crippen LogP contribution in [0.15, 0.2) is 47.1 Å². The molecule has 1 saturated carbocycles. The van der Waals surface area contributed by atoms with Crippen LogP contribution < -0.4 is 10.6 Å². The van der Waals surface area contributed by atoms with E-state index in [0.29, 0.717) is 25.2 Å². The van der Waals surface area contributed by atoms with Crippen LogP contribution in [0.2, 0.25) is 0 Å². The fraction of sp³-hybridized carbons (Fsp3) is 0.350. The molecule has 2 N–H and O–H groups in total. The molecule has 0 bridgehead atoms. The molecule has 0 spiro atoms. The molecule has 140 valence electrons. The monoisotopic (exact) mass is 367 g/mol. The lowest BCUT2D eigenvalue weighted by molar-refractivity contribution is -0.123. The van der Waals surface area contributed by atoms with Crippen LogP contribution in [0.1, 0.15) is 34.0 Å². The Hall–Kier alpha value is -3.09.